The minimum absolute atomic E-state index is 0.00705. The minimum atomic E-state index is -0.608. The van der Waals surface area contributed by atoms with Gasteiger partial charge in [-0.05, 0) is 12.6 Å². The summed E-state index contributed by atoms with van der Waals surface area (Å²) in [5.74, 6) is 0.311. The summed E-state index contributed by atoms with van der Waals surface area (Å²) in [5, 5.41) is 2.42. The average molecular weight is 334 g/mol. The van der Waals surface area contributed by atoms with Crippen molar-refractivity contribution in [2.24, 2.45) is 11.3 Å². The molecule has 4 atom stereocenters. The van der Waals surface area contributed by atoms with E-state index in [1.54, 1.807) is 0 Å². The second-order valence-electron chi connectivity index (χ2n) is 7.10. The molecule has 7 heteroatoms. The number of imide groups is 1. The Kier molecular flexibility index (Phi) is 3.97. The molecule has 0 aromatic rings. The average Bonchev–Trinajstić information content (AvgIpc) is 2.99. The SMILES string of the molecule is CNC(=O)N(C)C(=O)OC1CC=C2C(C1)C1(C)C=CN(C)C1N2C. The molecule has 3 rings (SSSR count). The van der Waals surface area contributed by atoms with E-state index in [4.69, 9.17) is 4.74 Å². The molecule has 1 saturated heterocycles. The van der Waals surface area contributed by atoms with Crippen molar-refractivity contribution < 1.29 is 14.3 Å². The minimum Gasteiger partial charge on any atom is -0.445 e. The first-order chi connectivity index (χ1) is 11.3. The second-order valence-corrected chi connectivity index (χ2v) is 7.10. The van der Waals surface area contributed by atoms with Gasteiger partial charge in [0, 0.05) is 51.6 Å². The second kappa shape index (κ2) is 5.72. The highest BCUT2D eigenvalue weighted by atomic mass is 16.6. The first-order valence-electron chi connectivity index (χ1n) is 8.29. The molecule has 2 aliphatic heterocycles. The summed E-state index contributed by atoms with van der Waals surface area (Å²) in [5.41, 5.74) is 1.33. The predicted octanol–water partition coefficient (Wildman–Crippen LogP) is 1.79. The van der Waals surface area contributed by atoms with Crippen molar-refractivity contribution in [2.75, 3.05) is 28.2 Å². The van der Waals surface area contributed by atoms with Gasteiger partial charge in [-0.1, -0.05) is 19.1 Å². The molecule has 4 unspecified atom stereocenters. The standard InChI is InChI=1S/C17H26N4O3/c1-17-8-9-19(3)14(17)20(4)13-7-6-11(10-12(13)17)24-16(23)21(5)15(22)18-2/h7-9,11-12,14H,6,10H2,1-5H3,(H,18,22). The Morgan fingerprint density at radius 1 is 1.42 bits per heavy atom. The van der Waals surface area contributed by atoms with E-state index >= 15 is 0 Å². The fraction of sp³-hybridized carbons (Fsp3) is 0.647. The Labute approximate surface area is 142 Å². The van der Waals surface area contributed by atoms with E-state index in [1.165, 1.54) is 19.8 Å². The van der Waals surface area contributed by atoms with Crippen molar-refractivity contribution >= 4 is 12.1 Å². The summed E-state index contributed by atoms with van der Waals surface area (Å²) in [4.78, 5) is 29.2. The van der Waals surface area contributed by atoms with Gasteiger partial charge in [0.25, 0.3) is 0 Å². The monoisotopic (exact) mass is 334 g/mol. The number of nitrogens with one attached hydrogen (secondary N) is 1. The summed E-state index contributed by atoms with van der Waals surface area (Å²) in [6.45, 7) is 2.26. The number of amides is 3. The van der Waals surface area contributed by atoms with Crippen molar-refractivity contribution in [1.82, 2.24) is 20.0 Å². The van der Waals surface area contributed by atoms with E-state index in [1.807, 2.05) is 0 Å². The van der Waals surface area contributed by atoms with Crippen LogP contribution in [0.3, 0.4) is 0 Å². The number of ether oxygens (including phenoxy) is 1. The third kappa shape index (κ3) is 2.34. The molecule has 0 bridgehead atoms. The van der Waals surface area contributed by atoms with Crippen LogP contribution in [-0.4, -0.2) is 67.3 Å². The summed E-state index contributed by atoms with van der Waals surface area (Å²) >= 11 is 0. The van der Waals surface area contributed by atoms with Crippen LogP contribution in [-0.2, 0) is 4.74 Å². The zero-order valence-electron chi connectivity index (χ0n) is 14.9. The highest BCUT2D eigenvalue weighted by molar-refractivity contribution is 5.90. The van der Waals surface area contributed by atoms with Crippen LogP contribution < -0.4 is 5.32 Å². The van der Waals surface area contributed by atoms with Crippen molar-refractivity contribution in [1.29, 1.82) is 0 Å². The van der Waals surface area contributed by atoms with Gasteiger partial charge >= 0.3 is 12.1 Å². The number of fused-ring (bicyclic) bond motifs is 3. The van der Waals surface area contributed by atoms with Crippen LogP contribution in [0.4, 0.5) is 9.59 Å². The molecule has 3 amide bonds. The molecule has 1 N–H and O–H groups in total. The molecular formula is C17H26N4O3. The Bertz CT molecular complexity index is 617. The van der Waals surface area contributed by atoms with Crippen LogP contribution in [0.2, 0.25) is 0 Å². The zero-order chi connectivity index (χ0) is 17.6. The van der Waals surface area contributed by atoms with Crippen LogP contribution in [0.1, 0.15) is 19.8 Å². The van der Waals surface area contributed by atoms with Gasteiger partial charge in [-0.25, -0.2) is 14.5 Å². The van der Waals surface area contributed by atoms with Crippen LogP contribution in [0, 0.1) is 11.3 Å². The molecule has 0 saturated carbocycles. The molecule has 2 heterocycles. The molecule has 24 heavy (non-hydrogen) atoms. The van der Waals surface area contributed by atoms with Crippen LogP contribution in [0.15, 0.2) is 24.0 Å². The Morgan fingerprint density at radius 2 is 2.12 bits per heavy atom. The van der Waals surface area contributed by atoms with Gasteiger partial charge in [0.1, 0.15) is 12.3 Å². The molecule has 0 radical (unpaired) electrons. The number of hydrogen-bond acceptors (Lipinski definition) is 5. The third-order valence-corrected chi connectivity index (χ3v) is 5.64. The lowest BCUT2D eigenvalue weighted by atomic mass is 9.73. The number of likely N-dealkylation sites (tertiary alicyclic amines) is 1. The van der Waals surface area contributed by atoms with Crippen molar-refractivity contribution in [3.05, 3.63) is 24.0 Å². The Hall–Kier alpha value is -2.18. The van der Waals surface area contributed by atoms with Crippen LogP contribution in [0.25, 0.3) is 0 Å². The molecule has 0 aromatic carbocycles. The maximum atomic E-state index is 12.1. The van der Waals surface area contributed by atoms with E-state index in [2.05, 4.69) is 54.5 Å². The quantitative estimate of drug-likeness (QED) is 0.792. The highest BCUT2D eigenvalue weighted by Crippen LogP contribution is 2.55. The van der Waals surface area contributed by atoms with Gasteiger partial charge < -0.3 is 19.9 Å². The van der Waals surface area contributed by atoms with Gasteiger partial charge in [0.05, 0.1) is 0 Å². The van der Waals surface area contributed by atoms with E-state index in [0.717, 1.165) is 11.3 Å². The fourth-order valence-corrected chi connectivity index (χ4v) is 4.42. The maximum absolute atomic E-state index is 12.1. The van der Waals surface area contributed by atoms with Crippen LogP contribution in [0.5, 0.6) is 0 Å². The molecular weight excluding hydrogens is 308 g/mol. The van der Waals surface area contributed by atoms with Crippen LogP contribution >= 0.6 is 0 Å². The molecule has 0 spiro atoms. The molecule has 132 valence electrons. The predicted molar refractivity (Wildman–Crippen MR) is 89.9 cm³/mol. The molecule has 7 nitrogen and oxygen atoms in total. The number of nitrogens with zero attached hydrogens (tertiary/aromatic N) is 3. The van der Waals surface area contributed by atoms with Gasteiger partial charge in [-0.3, -0.25) is 0 Å². The lowest BCUT2D eigenvalue weighted by Gasteiger charge is -2.34. The normalized spacial score (nSPS) is 33.7. The van der Waals surface area contributed by atoms with Gasteiger partial charge in [-0.15, -0.1) is 0 Å². The maximum Gasteiger partial charge on any atom is 0.417 e. The number of rotatable bonds is 1. The molecule has 1 fully saturated rings. The van der Waals surface area contributed by atoms with Gasteiger partial charge in [0.2, 0.25) is 0 Å². The number of carbonyl (C=O) groups is 2. The van der Waals surface area contributed by atoms with Crippen molar-refractivity contribution in [2.45, 2.75) is 32.0 Å². The summed E-state index contributed by atoms with van der Waals surface area (Å²) < 4.78 is 5.57. The zero-order valence-corrected chi connectivity index (χ0v) is 14.9. The van der Waals surface area contributed by atoms with Gasteiger partial charge in [-0.2, -0.15) is 0 Å². The fourth-order valence-electron chi connectivity index (χ4n) is 4.42. The van der Waals surface area contributed by atoms with E-state index in [9.17, 15) is 9.59 Å². The smallest absolute Gasteiger partial charge is 0.417 e. The lowest BCUT2D eigenvalue weighted by molar-refractivity contribution is 0.0531. The van der Waals surface area contributed by atoms with Gasteiger partial charge in [0.15, 0.2) is 0 Å². The topological polar surface area (TPSA) is 65.1 Å². The molecule has 3 aliphatic rings. The van der Waals surface area contributed by atoms with E-state index in [0.29, 0.717) is 18.5 Å². The largest absolute Gasteiger partial charge is 0.445 e. The van der Waals surface area contributed by atoms with E-state index < -0.39 is 12.1 Å². The first-order valence-corrected chi connectivity index (χ1v) is 8.29. The van der Waals surface area contributed by atoms with E-state index in [-0.39, 0.29) is 11.5 Å². The van der Waals surface area contributed by atoms with Crippen molar-refractivity contribution in [3.8, 4) is 0 Å². The number of urea groups is 1. The molecule has 1 aliphatic carbocycles. The molecule has 0 aromatic heterocycles. The summed E-state index contributed by atoms with van der Waals surface area (Å²) in [6.07, 6.45) is 7.51. The number of allylic oxidation sites excluding steroid dienone is 1. The van der Waals surface area contributed by atoms with Crippen molar-refractivity contribution in [3.63, 3.8) is 0 Å². The lowest BCUT2D eigenvalue weighted by Crippen LogP contribution is -2.43. The third-order valence-electron chi connectivity index (χ3n) is 5.64. The summed E-state index contributed by atoms with van der Waals surface area (Å²) in [7, 11) is 7.13. The first kappa shape index (κ1) is 16.7. The Morgan fingerprint density at radius 3 is 2.79 bits per heavy atom. The summed E-state index contributed by atoms with van der Waals surface area (Å²) in [6, 6.07) is -0.472. The number of hydrogen-bond donors (Lipinski definition) is 1. The highest BCUT2D eigenvalue weighted by Gasteiger charge is 2.56. The number of carbonyl (C=O) groups excluding carboxylic acids is 2. The Balaban J connectivity index is 1.73.